The summed E-state index contributed by atoms with van der Waals surface area (Å²) in [5.41, 5.74) is 22.7. The van der Waals surface area contributed by atoms with Crippen molar-refractivity contribution in [3.63, 3.8) is 0 Å². The summed E-state index contributed by atoms with van der Waals surface area (Å²) < 4.78 is 4.87. The summed E-state index contributed by atoms with van der Waals surface area (Å²) in [7, 11) is 0. The fourth-order valence-electron chi connectivity index (χ4n) is 11.2. The Morgan fingerprint density at radius 3 is 1.35 bits per heavy atom. The average molecular weight is 833 g/mol. The summed E-state index contributed by atoms with van der Waals surface area (Å²) >= 11 is 0. The van der Waals surface area contributed by atoms with Gasteiger partial charge in [-0.1, -0.05) is 78.9 Å². The van der Waals surface area contributed by atoms with E-state index < -0.39 is 0 Å². The van der Waals surface area contributed by atoms with Crippen molar-refractivity contribution >= 4 is 43.6 Å². The molecule has 0 fully saturated rings. The molecule has 65 heavy (non-hydrogen) atoms. The van der Waals surface area contributed by atoms with E-state index in [1.54, 1.807) is 0 Å². The minimum Gasteiger partial charge on any atom is -0.361 e. The van der Waals surface area contributed by atoms with Crippen LogP contribution in [0.4, 0.5) is 0 Å². The van der Waals surface area contributed by atoms with Crippen LogP contribution >= 0.6 is 0 Å². The number of benzene rings is 6. The largest absolute Gasteiger partial charge is 0.361 e. The molecule has 6 heteroatoms. The van der Waals surface area contributed by atoms with Gasteiger partial charge < -0.3 is 4.98 Å². The Morgan fingerprint density at radius 1 is 0.385 bits per heavy atom. The number of H-pyrrole nitrogens is 1. The fourth-order valence-corrected chi connectivity index (χ4v) is 11.2. The van der Waals surface area contributed by atoms with Crippen LogP contribution in [0.25, 0.3) is 111 Å². The summed E-state index contributed by atoms with van der Waals surface area (Å²) in [6.45, 7) is 0. The lowest BCUT2D eigenvalue weighted by Crippen LogP contribution is -2.16. The molecule has 0 aliphatic heterocycles. The molecular formula is C59H40N6. The summed E-state index contributed by atoms with van der Waals surface area (Å²) in [4.78, 5) is 17.9. The summed E-state index contributed by atoms with van der Waals surface area (Å²) in [6, 6.07) is 59.5. The molecule has 0 radical (unpaired) electrons. The van der Waals surface area contributed by atoms with Crippen LogP contribution in [-0.2, 0) is 25.7 Å². The molecule has 2 aliphatic carbocycles. The highest BCUT2D eigenvalue weighted by atomic mass is 15.1. The van der Waals surface area contributed by atoms with E-state index in [1.807, 2.05) is 55.1 Å². The van der Waals surface area contributed by atoms with Gasteiger partial charge in [-0.15, -0.1) is 0 Å². The molecule has 0 spiro atoms. The van der Waals surface area contributed by atoms with Gasteiger partial charge in [-0.05, 0) is 172 Å². The fraction of sp³-hybridized carbons (Fsp3) is 0.0678. The summed E-state index contributed by atoms with van der Waals surface area (Å²) in [6.07, 6.45) is 11.5. The van der Waals surface area contributed by atoms with Gasteiger partial charge in [0.15, 0.2) is 0 Å². The molecule has 0 saturated heterocycles. The predicted molar refractivity (Wildman–Crippen MR) is 265 cm³/mol. The van der Waals surface area contributed by atoms with Gasteiger partial charge in [0, 0.05) is 57.6 Å². The Morgan fingerprint density at radius 2 is 0.877 bits per heavy atom. The lowest BCUT2D eigenvalue weighted by Gasteiger charge is -2.31. The molecule has 6 aromatic heterocycles. The molecule has 306 valence electrons. The van der Waals surface area contributed by atoms with Crippen molar-refractivity contribution in [1.29, 1.82) is 0 Å². The number of fused-ring (bicyclic) bond motifs is 8. The molecular weight excluding hydrogens is 793 g/mol. The van der Waals surface area contributed by atoms with E-state index in [9.17, 15) is 0 Å². The lowest BCUT2D eigenvalue weighted by molar-refractivity contribution is 0.881. The van der Waals surface area contributed by atoms with Crippen LogP contribution in [0.1, 0.15) is 22.3 Å². The third-order valence-electron chi connectivity index (χ3n) is 14.1. The number of hydrogen-bond acceptors (Lipinski definition) is 3. The van der Waals surface area contributed by atoms with Crippen molar-refractivity contribution in [2.45, 2.75) is 25.7 Å². The highest BCUT2D eigenvalue weighted by molar-refractivity contribution is 6.16. The number of nitrogens with one attached hydrogen (secondary N) is 1. The zero-order valence-electron chi connectivity index (χ0n) is 35.5. The second kappa shape index (κ2) is 14.1. The van der Waals surface area contributed by atoms with E-state index in [0.29, 0.717) is 0 Å². The monoisotopic (exact) mass is 832 g/mol. The number of hydrogen-bond donors (Lipinski definition) is 1. The molecule has 0 bridgehead atoms. The number of aryl methyl sites for hydroxylation is 4. The van der Waals surface area contributed by atoms with E-state index in [4.69, 9.17) is 9.97 Å². The van der Waals surface area contributed by atoms with Gasteiger partial charge in [0.25, 0.3) is 0 Å². The van der Waals surface area contributed by atoms with Gasteiger partial charge >= 0.3 is 0 Å². The molecule has 6 aromatic carbocycles. The summed E-state index contributed by atoms with van der Waals surface area (Å²) in [5, 5.41) is 5.13. The van der Waals surface area contributed by atoms with Crippen LogP contribution < -0.4 is 0 Å². The van der Waals surface area contributed by atoms with Crippen molar-refractivity contribution in [2.24, 2.45) is 0 Å². The molecule has 0 atom stereocenters. The first-order valence-corrected chi connectivity index (χ1v) is 22.6. The number of aromatic amines is 1. The Balaban J connectivity index is 0.978. The minimum atomic E-state index is 0.943. The molecule has 6 nitrogen and oxygen atoms in total. The van der Waals surface area contributed by atoms with Crippen molar-refractivity contribution in [3.05, 3.63) is 211 Å². The molecule has 12 aromatic rings. The van der Waals surface area contributed by atoms with Crippen LogP contribution in [0.2, 0.25) is 0 Å². The van der Waals surface area contributed by atoms with Crippen molar-refractivity contribution < 1.29 is 0 Å². The van der Waals surface area contributed by atoms with Gasteiger partial charge in [-0.2, -0.15) is 0 Å². The highest BCUT2D eigenvalue weighted by Gasteiger charge is 2.33. The van der Waals surface area contributed by atoms with E-state index in [2.05, 4.69) is 153 Å². The van der Waals surface area contributed by atoms with E-state index in [-0.39, 0.29) is 0 Å². The third-order valence-corrected chi connectivity index (χ3v) is 14.1. The zero-order valence-corrected chi connectivity index (χ0v) is 35.5. The average Bonchev–Trinajstić information content (AvgIpc) is 4.12. The normalized spacial score (nSPS) is 13.0. The van der Waals surface area contributed by atoms with Crippen LogP contribution in [0.5, 0.6) is 0 Å². The van der Waals surface area contributed by atoms with Crippen molar-refractivity contribution in [3.8, 4) is 67.5 Å². The Labute approximate surface area is 375 Å². The second-order valence-corrected chi connectivity index (χ2v) is 17.5. The van der Waals surface area contributed by atoms with Crippen LogP contribution in [-0.4, -0.2) is 29.1 Å². The Kier molecular flexibility index (Phi) is 7.83. The first-order chi connectivity index (χ1) is 32.2. The first kappa shape index (κ1) is 36.2. The molecule has 0 saturated carbocycles. The van der Waals surface area contributed by atoms with Crippen LogP contribution in [0, 0.1) is 0 Å². The van der Waals surface area contributed by atoms with E-state index in [1.165, 1.54) is 105 Å². The van der Waals surface area contributed by atoms with Gasteiger partial charge in [-0.25, -0.2) is 9.97 Å². The SMILES string of the molecule is c1ccc(-c2ccc(-c3ccc4c(c3)c3cc5c6c(c3n4-c3ccccn3)CCc3cc4c7cc(-c8ccc(-c9ccc[nH]9)cc8)ccc7n(-c7ccccn7)c4c(c3-6)CC5)cc2)nc1. The molecule has 6 heterocycles. The molecule has 2 aliphatic rings. The standard InChI is InChI=1S/C59H40N6/c1-4-28-60-50(8-1)38-16-12-36(13-17-38)40-22-26-52-46(32-40)48-34-42-20-25-45-57-43(21-24-44(56(42)57)58(48)64(52)54-10-2-5-29-62-54)35-49-47-33-41(37-14-18-39(19-15-37)51-9-7-31-61-51)23-27-53(47)65(59(45)49)55-11-3-6-30-63-55/h1-19,22-23,26-35,61H,20-21,24-25H2. The smallest absolute Gasteiger partial charge is 0.137 e. The topological polar surface area (TPSA) is 64.3 Å². The number of aromatic nitrogens is 6. The molecule has 0 amide bonds. The summed E-state index contributed by atoms with van der Waals surface area (Å²) in [5.74, 6) is 1.89. The number of pyridine rings is 3. The van der Waals surface area contributed by atoms with Crippen LogP contribution in [0.15, 0.2) is 189 Å². The molecule has 1 N–H and O–H groups in total. The van der Waals surface area contributed by atoms with Gasteiger partial charge in [0.2, 0.25) is 0 Å². The number of rotatable bonds is 6. The van der Waals surface area contributed by atoms with Crippen molar-refractivity contribution in [2.75, 3.05) is 0 Å². The van der Waals surface area contributed by atoms with E-state index in [0.717, 1.165) is 54.3 Å². The second-order valence-electron chi connectivity index (χ2n) is 17.5. The van der Waals surface area contributed by atoms with Crippen LogP contribution in [0.3, 0.4) is 0 Å². The Hall–Kier alpha value is -8.35. The lowest BCUT2D eigenvalue weighted by atomic mass is 9.74. The molecule has 0 unspecified atom stereocenters. The Bertz CT molecular complexity index is 3830. The van der Waals surface area contributed by atoms with Gasteiger partial charge in [0.1, 0.15) is 11.6 Å². The number of nitrogens with zero attached hydrogens (tertiary/aromatic N) is 5. The predicted octanol–water partition coefficient (Wildman–Crippen LogP) is 13.9. The zero-order chi connectivity index (χ0) is 42.6. The maximum absolute atomic E-state index is 4.99. The third kappa shape index (κ3) is 5.50. The van der Waals surface area contributed by atoms with Gasteiger partial charge in [0.05, 0.1) is 27.8 Å². The van der Waals surface area contributed by atoms with E-state index >= 15 is 0 Å². The van der Waals surface area contributed by atoms with Gasteiger partial charge in [-0.3, -0.25) is 14.1 Å². The maximum Gasteiger partial charge on any atom is 0.137 e. The maximum atomic E-state index is 4.99. The van der Waals surface area contributed by atoms with Crippen molar-refractivity contribution in [1.82, 2.24) is 29.1 Å². The highest BCUT2D eigenvalue weighted by Crippen LogP contribution is 2.51. The quantitative estimate of drug-likeness (QED) is 0.181. The minimum absolute atomic E-state index is 0.943. The first-order valence-electron chi connectivity index (χ1n) is 22.6. The molecule has 14 rings (SSSR count).